The summed E-state index contributed by atoms with van der Waals surface area (Å²) in [6.07, 6.45) is 6.72. The van der Waals surface area contributed by atoms with E-state index in [0.717, 1.165) is 35.1 Å². The molecule has 2 N–H and O–H groups in total. The monoisotopic (exact) mass is 275 g/mol. The Hall–Kier alpha value is -1.32. The van der Waals surface area contributed by atoms with E-state index in [-0.39, 0.29) is 0 Å². The average molecular weight is 276 g/mol. The molecule has 0 aliphatic carbocycles. The van der Waals surface area contributed by atoms with Crippen molar-refractivity contribution in [3.63, 3.8) is 0 Å². The average Bonchev–Trinajstić information content (AvgIpc) is 2.88. The number of halogens is 1. The number of aromatic nitrogens is 2. The van der Waals surface area contributed by atoms with E-state index in [0.29, 0.717) is 6.04 Å². The van der Waals surface area contributed by atoms with Crippen LogP contribution in [0, 0.1) is 0 Å². The molecular formula is C15H18ClN3. The second kappa shape index (κ2) is 5.76. The van der Waals surface area contributed by atoms with Gasteiger partial charge in [0.1, 0.15) is 5.82 Å². The molecule has 0 spiro atoms. The van der Waals surface area contributed by atoms with Gasteiger partial charge in [-0.05, 0) is 31.5 Å². The predicted molar refractivity (Wildman–Crippen MR) is 78.4 cm³/mol. The van der Waals surface area contributed by atoms with Crippen molar-refractivity contribution in [2.24, 2.45) is 0 Å². The first kappa shape index (κ1) is 12.7. The Morgan fingerprint density at radius 1 is 1.32 bits per heavy atom. The van der Waals surface area contributed by atoms with E-state index >= 15 is 0 Å². The molecular weight excluding hydrogens is 258 g/mol. The van der Waals surface area contributed by atoms with Crippen molar-refractivity contribution >= 4 is 11.6 Å². The quantitative estimate of drug-likeness (QED) is 0.901. The molecule has 3 nitrogen and oxygen atoms in total. The van der Waals surface area contributed by atoms with Crippen LogP contribution in [0.3, 0.4) is 0 Å². The maximum absolute atomic E-state index is 6.01. The van der Waals surface area contributed by atoms with E-state index in [9.17, 15) is 0 Å². The molecule has 4 heteroatoms. The summed E-state index contributed by atoms with van der Waals surface area (Å²) >= 11 is 6.01. The number of benzene rings is 1. The molecule has 19 heavy (non-hydrogen) atoms. The standard InChI is InChI=1S/C15H18ClN3/c16-12-5-3-4-11(8-12)14-10-18-15(19-14)9-13-6-1-2-7-17-13/h3-5,8,10,13,17H,1-2,6-7,9H2,(H,18,19). The Kier molecular flexibility index (Phi) is 3.85. The molecule has 1 fully saturated rings. The summed E-state index contributed by atoms with van der Waals surface area (Å²) in [6.45, 7) is 1.13. The second-order valence-corrected chi connectivity index (χ2v) is 5.54. The number of piperidine rings is 1. The molecule has 1 aromatic heterocycles. The van der Waals surface area contributed by atoms with Crippen LogP contribution in [0.15, 0.2) is 30.5 Å². The van der Waals surface area contributed by atoms with Crippen LogP contribution in [0.2, 0.25) is 5.02 Å². The fourth-order valence-corrected chi connectivity index (χ4v) is 2.79. The van der Waals surface area contributed by atoms with Gasteiger partial charge in [-0.3, -0.25) is 0 Å². The Morgan fingerprint density at radius 2 is 2.26 bits per heavy atom. The van der Waals surface area contributed by atoms with E-state index in [2.05, 4.69) is 15.3 Å². The molecule has 1 aromatic carbocycles. The molecule has 1 aliphatic rings. The number of rotatable bonds is 3. The third-order valence-corrected chi connectivity index (χ3v) is 3.85. The molecule has 1 saturated heterocycles. The zero-order valence-electron chi connectivity index (χ0n) is 10.8. The van der Waals surface area contributed by atoms with Crippen LogP contribution in [0.5, 0.6) is 0 Å². The Morgan fingerprint density at radius 3 is 3.05 bits per heavy atom. The number of nitrogens with zero attached hydrogens (tertiary/aromatic N) is 1. The largest absolute Gasteiger partial charge is 0.342 e. The van der Waals surface area contributed by atoms with Gasteiger partial charge in [-0.25, -0.2) is 4.98 Å². The van der Waals surface area contributed by atoms with Gasteiger partial charge in [-0.15, -0.1) is 0 Å². The maximum Gasteiger partial charge on any atom is 0.108 e. The summed E-state index contributed by atoms with van der Waals surface area (Å²) in [4.78, 5) is 7.87. The van der Waals surface area contributed by atoms with E-state index < -0.39 is 0 Å². The summed E-state index contributed by atoms with van der Waals surface area (Å²) in [6, 6.07) is 8.40. The van der Waals surface area contributed by atoms with Gasteiger partial charge in [-0.2, -0.15) is 0 Å². The fraction of sp³-hybridized carbons (Fsp3) is 0.400. The van der Waals surface area contributed by atoms with Crippen molar-refractivity contribution < 1.29 is 0 Å². The Bertz CT molecular complexity index is 544. The Labute approximate surface area is 118 Å². The van der Waals surface area contributed by atoms with Crippen LogP contribution in [0.4, 0.5) is 0 Å². The highest BCUT2D eigenvalue weighted by Gasteiger charge is 2.14. The highest BCUT2D eigenvalue weighted by atomic mass is 35.5. The van der Waals surface area contributed by atoms with E-state index in [1.807, 2.05) is 30.5 Å². The minimum Gasteiger partial charge on any atom is -0.342 e. The highest BCUT2D eigenvalue weighted by Crippen LogP contribution is 2.21. The van der Waals surface area contributed by atoms with Gasteiger partial charge in [0.25, 0.3) is 0 Å². The first-order chi connectivity index (χ1) is 9.31. The van der Waals surface area contributed by atoms with Crippen molar-refractivity contribution in [1.29, 1.82) is 0 Å². The summed E-state index contributed by atoms with van der Waals surface area (Å²) in [5.41, 5.74) is 2.12. The van der Waals surface area contributed by atoms with Gasteiger partial charge in [0, 0.05) is 23.0 Å². The highest BCUT2D eigenvalue weighted by molar-refractivity contribution is 6.30. The van der Waals surface area contributed by atoms with Crippen molar-refractivity contribution in [1.82, 2.24) is 15.3 Å². The summed E-state index contributed by atoms with van der Waals surface area (Å²) in [5.74, 6) is 1.05. The molecule has 1 unspecified atom stereocenters. The zero-order chi connectivity index (χ0) is 13.1. The lowest BCUT2D eigenvalue weighted by Gasteiger charge is -2.22. The van der Waals surface area contributed by atoms with E-state index in [4.69, 9.17) is 11.6 Å². The van der Waals surface area contributed by atoms with Gasteiger partial charge >= 0.3 is 0 Å². The Balaban J connectivity index is 1.72. The number of hydrogen-bond acceptors (Lipinski definition) is 2. The van der Waals surface area contributed by atoms with Crippen LogP contribution in [0.25, 0.3) is 11.3 Å². The van der Waals surface area contributed by atoms with E-state index in [1.165, 1.54) is 19.3 Å². The van der Waals surface area contributed by atoms with Gasteiger partial charge in [0.15, 0.2) is 0 Å². The zero-order valence-corrected chi connectivity index (χ0v) is 11.6. The SMILES string of the molecule is Clc1cccc(-c2cnc(CC3CCCCN3)[nH]2)c1. The van der Waals surface area contributed by atoms with Gasteiger partial charge in [0.05, 0.1) is 11.9 Å². The van der Waals surface area contributed by atoms with Crippen LogP contribution < -0.4 is 5.32 Å². The van der Waals surface area contributed by atoms with Gasteiger partial charge in [-0.1, -0.05) is 30.2 Å². The van der Waals surface area contributed by atoms with Crippen LogP contribution in [-0.4, -0.2) is 22.6 Å². The molecule has 0 saturated carbocycles. The third-order valence-electron chi connectivity index (χ3n) is 3.62. The van der Waals surface area contributed by atoms with Gasteiger partial charge in [0.2, 0.25) is 0 Å². The number of H-pyrrole nitrogens is 1. The molecule has 2 heterocycles. The lowest BCUT2D eigenvalue weighted by Crippen LogP contribution is -2.35. The third kappa shape index (κ3) is 3.17. The summed E-state index contributed by atoms with van der Waals surface area (Å²) in [7, 11) is 0. The molecule has 3 rings (SSSR count). The van der Waals surface area contributed by atoms with E-state index in [1.54, 1.807) is 0 Å². The minimum absolute atomic E-state index is 0.562. The number of aromatic amines is 1. The topological polar surface area (TPSA) is 40.7 Å². The second-order valence-electron chi connectivity index (χ2n) is 5.10. The van der Waals surface area contributed by atoms with Crippen molar-refractivity contribution in [3.05, 3.63) is 41.3 Å². The molecule has 0 bridgehead atoms. The molecule has 0 amide bonds. The number of imidazole rings is 1. The summed E-state index contributed by atoms with van der Waals surface area (Å²) in [5, 5.41) is 4.30. The lowest BCUT2D eigenvalue weighted by molar-refractivity contribution is 0.395. The molecule has 1 atom stereocenters. The van der Waals surface area contributed by atoms with Crippen LogP contribution in [-0.2, 0) is 6.42 Å². The summed E-state index contributed by atoms with van der Waals surface area (Å²) < 4.78 is 0. The predicted octanol–water partition coefficient (Wildman–Crippen LogP) is 3.41. The van der Waals surface area contributed by atoms with Gasteiger partial charge < -0.3 is 10.3 Å². The first-order valence-corrected chi connectivity index (χ1v) is 7.22. The van der Waals surface area contributed by atoms with Crippen LogP contribution in [0.1, 0.15) is 25.1 Å². The lowest BCUT2D eigenvalue weighted by atomic mass is 10.0. The fourth-order valence-electron chi connectivity index (χ4n) is 2.60. The molecule has 100 valence electrons. The molecule has 0 radical (unpaired) electrons. The van der Waals surface area contributed by atoms with Crippen molar-refractivity contribution in [2.75, 3.05) is 6.54 Å². The normalized spacial score (nSPS) is 19.5. The number of hydrogen-bond donors (Lipinski definition) is 2. The van der Waals surface area contributed by atoms with Crippen LogP contribution >= 0.6 is 11.6 Å². The molecule has 2 aromatic rings. The molecule has 1 aliphatic heterocycles. The minimum atomic E-state index is 0.562. The number of nitrogens with one attached hydrogen (secondary N) is 2. The maximum atomic E-state index is 6.01. The first-order valence-electron chi connectivity index (χ1n) is 6.84. The van der Waals surface area contributed by atoms with Crippen molar-refractivity contribution in [3.8, 4) is 11.3 Å². The van der Waals surface area contributed by atoms with Crippen molar-refractivity contribution in [2.45, 2.75) is 31.7 Å². The smallest absolute Gasteiger partial charge is 0.108 e.